The Morgan fingerprint density at radius 2 is 2.05 bits per heavy atom. The Hall–Kier alpha value is -2.33. The third-order valence-electron chi connectivity index (χ3n) is 3.42. The number of nitrogens with one attached hydrogen (secondary N) is 2. The van der Waals surface area contributed by atoms with Gasteiger partial charge in [-0.25, -0.2) is 4.98 Å². The van der Waals surface area contributed by atoms with E-state index in [-0.39, 0.29) is 5.91 Å². The van der Waals surface area contributed by atoms with E-state index in [0.717, 1.165) is 22.4 Å². The molecule has 1 amide bonds. The number of amides is 1. The van der Waals surface area contributed by atoms with Gasteiger partial charge in [-0.15, -0.1) is 0 Å². The monoisotopic (exact) mass is 313 g/mol. The van der Waals surface area contributed by atoms with Crippen LogP contribution in [0.4, 0.5) is 0 Å². The van der Waals surface area contributed by atoms with Crippen molar-refractivity contribution in [3.8, 4) is 0 Å². The van der Waals surface area contributed by atoms with E-state index in [9.17, 15) is 4.79 Å². The third kappa shape index (κ3) is 3.65. The summed E-state index contributed by atoms with van der Waals surface area (Å²) in [7, 11) is 0. The molecular weight excluding hydrogens is 298 g/mol. The van der Waals surface area contributed by atoms with Crippen molar-refractivity contribution in [3.05, 3.63) is 64.9 Å². The number of aryl methyl sites for hydroxylation is 1. The molecule has 112 valence electrons. The number of halogens is 1. The fourth-order valence-corrected chi connectivity index (χ4v) is 2.52. The first-order valence-electron chi connectivity index (χ1n) is 7.15. The van der Waals surface area contributed by atoms with Gasteiger partial charge in [0.2, 0.25) is 5.91 Å². The van der Waals surface area contributed by atoms with Gasteiger partial charge in [-0.1, -0.05) is 35.9 Å². The molecule has 0 aliphatic rings. The SMILES string of the molecule is O=C(CCc1cccc(Cl)c1)NCc1nc2ccccc2[nH]1. The number of fused-ring (bicyclic) bond motifs is 1. The standard InChI is InChI=1S/C17H16ClN3O/c18-13-5-3-4-12(10-13)8-9-17(22)19-11-16-20-14-6-1-2-7-15(14)21-16/h1-7,10H,8-9,11H2,(H,19,22)(H,20,21). The van der Waals surface area contributed by atoms with Gasteiger partial charge in [-0.05, 0) is 36.2 Å². The van der Waals surface area contributed by atoms with Crippen LogP contribution in [0, 0.1) is 0 Å². The van der Waals surface area contributed by atoms with E-state index < -0.39 is 0 Å². The number of benzene rings is 2. The molecule has 22 heavy (non-hydrogen) atoms. The van der Waals surface area contributed by atoms with Crippen LogP contribution in [0.15, 0.2) is 48.5 Å². The predicted molar refractivity (Wildman–Crippen MR) is 87.7 cm³/mol. The second-order valence-corrected chi connectivity index (χ2v) is 5.54. The van der Waals surface area contributed by atoms with E-state index in [4.69, 9.17) is 11.6 Å². The van der Waals surface area contributed by atoms with Crippen molar-refractivity contribution in [2.45, 2.75) is 19.4 Å². The summed E-state index contributed by atoms with van der Waals surface area (Å²) >= 11 is 5.93. The molecule has 0 unspecified atom stereocenters. The number of carbonyl (C=O) groups is 1. The highest BCUT2D eigenvalue weighted by Gasteiger charge is 2.05. The van der Waals surface area contributed by atoms with Crippen molar-refractivity contribution >= 4 is 28.5 Å². The minimum absolute atomic E-state index is 0.000400. The first-order chi connectivity index (χ1) is 10.7. The van der Waals surface area contributed by atoms with E-state index in [1.807, 2.05) is 48.5 Å². The van der Waals surface area contributed by atoms with E-state index >= 15 is 0 Å². The molecule has 0 saturated carbocycles. The summed E-state index contributed by atoms with van der Waals surface area (Å²) < 4.78 is 0. The number of para-hydroxylation sites is 2. The lowest BCUT2D eigenvalue weighted by Crippen LogP contribution is -2.23. The van der Waals surface area contributed by atoms with Crippen LogP contribution in [0.1, 0.15) is 17.8 Å². The zero-order chi connectivity index (χ0) is 15.4. The maximum absolute atomic E-state index is 11.9. The average molecular weight is 314 g/mol. The van der Waals surface area contributed by atoms with Crippen LogP contribution >= 0.6 is 11.6 Å². The Morgan fingerprint density at radius 3 is 2.86 bits per heavy atom. The molecular formula is C17H16ClN3O. The number of carbonyl (C=O) groups excluding carboxylic acids is 1. The molecule has 0 fully saturated rings. The molecule has 0 atom stereocenters. The molecule has 5 heteroatoms. The number of rotatable bonds is 5. The second kappa shape index (κ2) is 6.62. The summed E-state index contributed by atoms with van der Waals surface area (Å²) in [4.78, 5) is 19.5. The van der Waals surface area contributed by atoms with Gasteiger partial charge in [0.05, 0.1) is 17.6 Å². The van der Waals surface area contributed by atoms with E-state index in [2.05, 4.69) is 15.3 Å². The lowest BCUT2D eigenvalue weighted by Gasteiger charge is -2.04. The number of nitrogens with zero attached hydrogens (tertiary/aromatic N) is 1. The Balaban J connectivity index is 1.51. The zero-order valence-corrected chi connectivity index (χ0v) is 12.7. The summed E-state index contributed by atoms with van der Waals surface area (Å²) in [5.41, 5.74) is 2.95. The maximum Gasteiger partial charge on any atom is 0.220 e. The van der Waals surface area contributed by atoms with Crippen LogP contribution < -0.4 is 5.32 Å². The molecule has 0 aliphatic carbocycles. The summed E-state index contributed by atoms with van der Waals surface area (Å²) in [5, 5.41) is 3.57. The molecule has 0 saturated heterocycles. The van der Waals surface area contributed by atoms with Crippen LogP contribution in [0.3, 0.4) is 0 Å². The minimum Gasteiger partial charge on any atom is -0.349 e. The Kier molecular flexibility index (Phi) is 4.39. The zero-order valence-electron chi connectivity index (χ0n) is 12.0. The van der Waals surface area contributed by atoms with Crippen molar-refractivity contribution in [1.82, 2.24) is 15.3 Å². The van der Waals surface area contributed by atoms with Gasteiger partial charge in [0.15, 0.2) is 0 Å². The normalized spacial score (nSPS) is 10.8. The second-order valence-electron chi connectivity index (χ2n) is 5.11. The summed E-state index contributed by atoms with van der Waals surface area (Å²) in [6.07, 6.45) is 1.10. The Bertz CT molecular complexity index is 764. The highest BCUT2D eigenvalue weighted by molar-refractivity contribution is 6.30. The smallest absolute Gasteiger partial charge is 0.220 e. The predicted octanol–water partition coefficient (Wildman–Crippen LogP) is 3.47. The number of imidazole rings is 1. The molecule has 0 bridgehead atoms. The molecule has 2 N–H and O–H groups in total. The fraction of sp³-hybridized carbons (Fsp3) is 0.176. The molecule has 3 aromatic rings. The van der Waals surface area contributed by atoms with Crippen molar-refractivity contribution < 1.29 is 4.79 Å². The fourth-order valence-electron chi connectivity index (χ4n) is 2.31. The number of aromatic nitrogens is 2. The minimum atomic E-state index is 0.000400. The van der Waals surface area contributed by atoms with Gasteiger partial charge in [-0.3, -0.25) is 4.79 Å². The molecule has 0 spiro atoms. The molecule has 0 aliphatic heterocycles. The number of aromatic amines is 1. The van der Waals surface area contributed by atoms with Crippen LogP contribution in [0.25, 0.3) is 11.0 Å². The van der Waals surface area contributed by atoms with Crippen molar-refractivity contribution in [2.75, 3.05) is 0 Å². The van der Waals surface area contributed by atoms with Gasteiger partial charge in [0, 0.05) is 11.4 Å². The van der Waals surface area contributed by atoms with E-state index in [0.29, 0.717) is 24.4 Å². The number of hydrogen-bond acceptors (Lipinski definition) is 2. The van der Waals surface area contributed by atoms with Crippen LogP contribution in [0.5, 0.6) is 0 Å². The largest absolute Gasteiger partial charge is 0.349 e. The van der Waals surface area contributed by atoms with E-state index in [1.165, 1.54) is 0 Å². The van der Waals surface area contributed by atoms with Gasteiger partial charge in [0.1, 0.15) is 5.82 Å². The summed E-state index contributed by atoms with van der Waals surface area (Å²) in [6.45, 7) is 0.406. The lowest BCUT2D eigenvalue weighted by molar-refractivity contribution is -0.121. The molecule has 4 nitrogen and oxygen atoms in total. The first-order valence-corrected chi connectivity index (χ1v) is 7.53. The van der Waals surface area contributed by atoms with Crippen LogP contribution in [-0.2, 0) is 17.8 Å². The van der Waals surface area contributed by atoms with Gasteiger partial charge in [-0.2, -0.15) is 0 Å². The topological polar surface area (TPSA) is 57.8 Å². The maximum atomic E-state index is 11.9. The van der Waals surface area contributed by atoms with Gasteiger partial charge >= 0.3 is 0 Å². The average Bonchev–Trinajstić information content (AvgIpc) is 2.94. The highest BCUT2D eigenvalue weighted by Crippen LogP contribution is 2.12. The Morgan fingerprint density at radius 1 is 1.18 bits per heavy atom. The van der Waals surface area contributed by atoms with Crippen LogP contribution in [0.2, 0.25) is 5.02 Å². The highest BCUT2D eigenvalue weighted by atomic mass is 35.5. The third-order valence-corrected chi connectivity index (χ3v) is 3.66. The molecule has 3 rings (SSSR count). The summed E-state index contributed by atoms with van der Waals surface area (Å²) in [5.74, 6) is 0.762. The quantitative estimate of drug-likeness (QED) is 0.758. The summed E-state index contributed by atoms with van der Waals surface area (Å²) in [6, 6.07) is 15.4. The number of hydrogen-bond donors (Lipinski definition) is 2. The van der Waals surface area contributed by atoms with Crippen LogP contribution in [-0.4, -0.2) is 15.9 Å². The van der Waals surface area contributed by atoms with Crippen molar-refractivity contribution in [3.63, 3.8) is 0 Å². The Labute approximate surface area is 133 Å². The molecule has 1 aromatic heterocycles. The van der Waals surface area contributed by atoms with Gasteiger partial charge in [0.25, 0.3) is 0 Å². The van der Waals surface area contributed by atoms with Crippen molar-refractivity contribution in [2.24, 2.45) is 0 Å². The molecule has 0 radical (unpaired) electrons. The molecule has 2 aromatic carbocycles. The molecule has 1 heterocycles. The van der Waals surface area contributed by atoms with E-state index in [1.54, 1.807) is 0 Å². The lowest BCUT2D eigenvalue weighted by atomic mass is 10.1. The first kappa shape index (κ1) is 14.6. The van der Waals surface area contributed by atoms with Gasteiger partial charge < -0.3 is 10.3 Å². The van der Waals surface area contributed by atoms with Crippen molar-refractivity contribution in [1.29, 1.82) is 0 Å². The number of H-pyrrole nitrogens is 1.